The Morgan fingerprint density at radius 3 is 1.20 bits per heavy atom. The van der Waals surface area contributed by atoms with E-state index < -0.39 is 30.7 Å². The van der Waals surface area contributed by atoms with E-state index in [9.17, 15) is 14.2 Å². The first-order valence-corrected chi connectivity index (χ1v) is 32.4. The Hall–Kier alpha value is 0.0138. The molecule has 49 heavy (non-hydrogen) atoms. The lowest BCUT2D eigenvalue weighted by Gasteiger charge is -2.38. The molecule has 0 saturated heterocycles. The lowest BCUT2D eigenvalue weighted by atomic mass is 10.2. The summed E-state index contributed by atoms with van der Waals surface area (Å²) >= 11 is 5.33. The Labute approximate surface area is 319 Å². The maximum Gasteiger partial charge on any atom is 0.332 e. The summed E-state index contributed by atoms with van der Waals surface area (Å²) in [5.74, 6) is 0. The van der Waals surface area contributed by atoms with E-state index in [1.807, 2.05) is 74.5 Å². The molecule has 0 saturated carbocycles. The molecule has 2 aromatic rings. The average Bonchev–Trinajstić information content (AvgIpc) is 2.91. The third kappa shape index (κ3) is 30.2. The third-order valence-electron chi connectivity index (χ3n) is 7.08. The molecule has 282 valence electrons. The zero-order chi connectivity index (χ0) is 39.3. The SMILES string of the molecule is CC.CC(C)(C)[Si](C)(C)OP(C)(C)=S.CP(C)O[Si](C)(C)C(C)(C)C.C[P+](C)=O.O=C(Cc1ccccc1)SSC(=O)Cc1ccccc1. The van der Waals surface area contributed by atoms with Crippen molar-refractivity contribution in [1.29, 1.82) is 0 Å². The smallest absolute Gasteiger partial charge is 0.332 e. The number of carbonyl (C=O) groups is 2. The molecular formula is C36H68O5P3S3Si2+. The molecule has 0 bridgehead atoms. The molecular weight excluding hydrogens is 758 g/mol. The van der Waals surface area contributed by atoms with E-state index in [0.717, 1.165) is 32.7 Å². The first-order chi connectivity index (χ1) is 22.1. The van der Waals surface area contributed by atoms with Gasteiger partial charge in [0.1, 0.15) is 13.3 Å². The molecule has 2 aromatic carbocycles. The van der Waals surface area contributed by atoms with Gasteiger partial charge in [0, 0.05) is 27.3 Å². The van der Waals surface area contributed by atoms with Gasteiger partial charge in [-0.15, -0.1) is 0 Å². The normalized spacial score (nSPS) is 11.7. The summed E-state index contributed by atoms with van der Waals surface area (Å²) in [6.45, 7) is 38.5. The van der Waals surface area contributed by atoms with Crippen LogP contribution in [0.15, 0.2) is 60.7 Å². The Bertz CT molecular complexity index is 1200. The van der Waals surface area contributed by atoms with Gasteiger partial charge in [0.2, 0.25) is 10.2 Å². The summed E-state index contributed by atoms with van der Waals surface area (Å²) in [6, 6.07) is 19.1. The quantitative estimate of drug-likeness (QED) is 0.148. The summed E-state index contributed by atoms with van der Waals surface area (Å²) in [6.07, 6.45) is -0.772. The minimum absolute atomic E-state index is 0.00242. The number of hydrogen-bond donors (Lipinski definition) is 0. The topological polar surface area (TPSA) is 69.7 Å². The third-order valence-corrected chi connectivity index (χ3v) is 24.0. The number of rotatable bonds is 8. The summed E-state index contributed by atoms with van der Waals surface area (Å²) in [7, 11) is -2.04. The molecule has 0 amide bonds. The van der Waals surface area contributed by atoms with Gasteiger partial charge in [0.15, 0.2) is 16.6 Å². The van der Waals surface area contributed by atoms with Crippen LogP contribution in [-0.2, 0) is 47.2 Å². The lowest BCUT2D eigenvalue weighted by Crippen LogP contribution is -2.39. The molecule has 13 heteroatoms. The highest BCUT2D eigenvalue weighted by Gasteiger charge is 2.39. The van der Waals surface area contributed by atoms with Crippen molar-refractivity contribution in [3.63, 3.8) is 0 Å². The molecule has 0 aromatic heterocycles. The van der Waals surface area contributed by atoms with Gasteiger partial charge in [-0.1, -0.05) is 132 Å². The Morgan fingerprint density at radius 1 is 0.735 bits per heavy atom. The van der Waals surface area contributed by atoms with Crippen LogP contribution in [0.5, 0.6) is 0 Å². The summed E-state index contributed by atoms with van der Waals surface area (Å²) in [4.78, 5) is 23.5. The minimum Gasteiger partial charge on any atom is -0.396 e. The highest BCUT2D eigenvalue weighted by molar-refractivity contribution is 8.87. The second kappa shape index (κ2) is 25.9. The van der Waals surface area contributed by atoms with Gasteiger partial charge in [-0.05, 0) is 95.6 Å². The fourth-order valence-corrected chi connectivity index (χ4v) is 16.4. The first kappa shape index (κ1) is 53.4. The van der Waals surface area contributed by atoms with Gasteiger partial charge in [0.25, 0.3) is 0 Å². The molecule has 0 radical (unpaired) electrons. The zero-order valence-electron chi connectivity index (χ0n) is 33.8. The van der Waals surface area contributed by atoms with Crippen molar-refractivity contribution in [3.8, 4) is 0 Å². The van der Waals surface area contributed by atoms with E-state index in [-0.39, 0.29) is 23.4 Å². The van der Waals surface area contributed by atoms with Crippen molar-refractivity contribution < 1.29 is 22.6 Å². The van der Waals surface area contributed by atoms with Crippen LogP contribution in [0.3, 0.4) is 0 Å². The highest BCUT2D eigenvalue weighted by atomic mass is 33.1. The van der Waals surface area contributed by atoms with E-state index in [0.29, 0.717) is 17.9 Å². The van der Waals surface area contributed by atoms with Crippen molar-refractivity contribution in [2.75, 3.05) is 40.0 Å². The molecule has 5 nitrogen and oxygen atoms in total. The summed E-state index contributed by atoms with van der Waals surface area (Å²) in [5.41, 5.74) is 1.95. The van der Waals surface area contributed by atoms with Crippen LogP contribution < -0.4 is 0 Å². The predicted octanol–water partition coefficient (Wildman–Crippen LogP) is 13.3. The number of hydrogen-bond acceptors (Lipinski definition) is 8. The van der Waals surface area contributed by atoms with Gasteiger partial charge in [0.05, 0.1) is 0 Å². The van der Waals surface area contributed by atoms with E-state index in [4.69, 9.17) is 20.2 Å². The zero-order valence-corrected chi connectivity index (χ0v) is 40.9. The molecule has 0 heterocycles. The first-order valence-electron chi connectivity index (χ1n) is 16.5. The standard InChI is InChI=1S/C16H14O2S2.C8H21OPSSi.C8H21OPSi.C2H6OP.C2H6/c17-15(11-13-7-3-1-4-8-13)19-20-16(18)12-14-9-5-2-6-10-14;1-8(2,3)12(6,7)9-10(4,5)11;1-8(2,3)11(6,7)9-10(4)5;1-4(2)3;1-2/h1-10H,11-12H2;1-7H3;1-7H3;1-2H3;1-2H3/q;;;+1;. The maximum atomic E-state index is 11.8. The van der Waals surface area contributed by atoms with Crippen LogP contribution >= 0.6 is 43.8 Å². The summed E-state index contributed by atoms with van der Waals surface area (Å²) in [5, 5.41) is 0.646. The van der Waals surface area contributed by atoms with E-state index in [1.165, 1.54) is 0 Å². The van der Waals surface area contributed by atoms with E-state index >= 15 is 0 Å². The lowest BCUT2D eigenvalue weighted by molar-refractivity contribution is -0.111. The Balaban J connectivity index is -0.000000631. The fraction of sp³-hybridized carbons (Fsp3) is 0.611. The van der Waals surface area contributed by atoms with E-state index in [1.54, 1.807) is 13.3 Å². The van der Waals surface area contributed by atoms with Gasteiger partial charge in [-0.2, -0.15) is 0 Å². The Morgan fingerprint density at radius 2 is 1.02 bits per heavy atom. The largest absolute Gasteiger partial charge is 0.396 e. The molecule has 0 N–H and O–H groups in total. The van der Waals surface area contributed by atoms with E-state index in [2.05, 4.69) is 94.4 Å². The van der Waals surface area contributed by atoms with Crippen LogP contribution in [0, 0.1) is 0 Å². The fourth-order valence-electron chi connectivity index (χ4n) is 2.96. The monoisotopic (exact) mass is 825 g/mol. The molecule has 0 atom stereocenters. The number of carbonyl (C=O) groups excluding carboxylic acids is 2. The van der Waals surface area contributed by atoms with Crippen LogP contribution in [0.2, 0.25) is 36.3 Å². The summed E-state index contributed by atoms with van der Waals surface area (Å²) < 4.78 is 21.7. The molecule has 0 aliphatic carbocycles. The average molecular weight is 826 g/mol. The van der Waals surface area contributed by atoms with Crippen LogP contribution in [0.4, 0.5) is 0 Å². The van der Waals surface area contributed by atoms with Crippen LogP contribution in [0.25, 0.3) is 0 Å². The second-order valence-electron chi connectivity index (χ2n) is 14.8. The molecule has 0 unspecified atom stereocenters. The maximum absolute atomic E-state index is 11.8. The Kier molecular flexibility index (Phi) is 28.2. The second-order valence-corrected chi connectivity index (χ2v) is 36.0. The van der Waals surface area contributed by atoms with Crippen molar-refractivity contribution in [2.45, 2.75) is 104 Å². The van der Waals surface area contributed by atoms with Crippen LogP contribution in [0.1, 0.15) is 66.5 Å². The van der Waals surface area contributed by atoms with Gasteiger partial charge < -0.3 is 8.43 Å². The van der Waals surface area contributed by atoms with Gasteiger partial charge in [-0.25, -0.2) is 0 Å². The minimum atomic E-state index is -1.60. The van der Waals surface area contributed by atoms with Crippen molar-refractivity contribution >= 4 is 82.5 Å². The highest BCUT2D eigenvalue weighted by Crippen LogP contribution is 2.49. The predicted molar refractivity (Wildman–Crippen MR) is 238 cm³/mol. The number of benzene rings is 2. The molecule has 0 aliphatic heterocycles. The molecule has 2 rings (SSSR count). The molecule has 0 fully saturated rings. The van der Waals surface area contributed by atoms with Crippen molar-refractivity contribution in [3.05, 3.63) is 71.8 Å². The van der Waals surface area contributed by atoms with Crippen LogP contribution in [-0.4, -0.2) is 66.9 Å². The van der Waals surface area contributed by atoms with Gasteiger partial charge >= 0.3 is 7.80 Å². The van der Waals surface area contributed by atoms with Crippen molar-refractivity contribution in [1.82, 2.24) is 0 Å². The molecule has 0 aliphatic rings. The van der Waals surface area contributed by atoms with Crippen molar-refractivity contribution in [2.24, 2.45) is 0 Å². The van der Waals surface area contributed by atoms with Gasteiger partial charge in [-0.3, -0.25) is 9.59 Å². The molecule has 0 spiro atoms.